The zero-order chi connectivity index (χ0) is 21.6. The van der Waals surface area contributed by atoms with E-state index in [2.05, 4.69) is 23.5 Å². The Morgan fingerprint density at radius 2 is 1.65 bits per heavy atom. The van der Waals surface area contributed by atoms with Crippen molar-refractivity contribution in [3.63, 3.8) is 0 Å². The van der Waals surface area contributed by atoms with Gasteiger partial charge in [-0.1, -0.05) is 72.4 Å². The largest absolute Gasteiger partial charge is 0.352 e. The lowest BCUT2D eigenvalue weighted by molar-refractivity contribution is -0.130. The van der Waals surface area contributed by atoms with Crippen molar-refractivity contribution in [1.29, 1.82) is 0 Å². The number of carbonyl (C=O) groups is 2. The van der Waals surface area contributed by atoms with Gasteiger partial charge in [0, 0.05) is 29.5 Å². The highest BCUT2D eigenvalue weighted by molar-refractivity contribution is 7.99. The molecule has 156 valence electrons. The van der Waals surface area contributed by atoms with E-state index < -0.39 is 0 Å². The van der Waals surface area contributed by atoms with Crippen molar-refractivity contribution in [2.45, 2.75) is 35.7 Å². The molecule has 31 heavy (non-hydrogen) atoms. The van der Waals surface area contributed by atoms with Gasteiger partial charge < -0.3 is 10.2 Å². The van der Waals surface area contributed by atoms with Gasteiger partial charge in [-0.2, -0.15) is 0 Å². The normalized spacial score (nSPS) is 14.7. The van der Waals surface area contributed by atoms with Gasteiger partial charge in [0.05, 0.1) is 12.5 Å². The molecule has 3 aromatic carbocycles. The van der Waals surface area contributed by atoms with E-state index in [-0.39, 0.29) is 24.3 Å². The number of benzene rings is 3. The highest BCUT2D eigenvalue weighted by atomic mass is 32.2. The van der Waals surface area contributed by atoms with Crippen LogP contribution in [0.4, 0.5) is 0 Å². The SMILES string of the molecule is CC(=O)N1C=Cc2ccccc2C1CC(=O)NCc1ccccc1Sc1ccccc1. The molecule has 0 radical (unpaired) electrons. The van der Waals surface area contributed by atoms with Crippen LogP contribution in [0.2, 0.25) is 0 Å². The lowest BCUT2D eigenvalue weighted by Crippen LogP contribution is -2.35. The van der Waals surface area contributed by atoms with E-state index in [4.69, 9.17) is 0 Å². The van der Waals surface area contributed by atoms with Crippen molar-refractivity contribution < 1.29 is 9.59 Å². The minimum Gasteiger partial charge on any atom is -0.352 e. The number of hydrogen-bond acceptors (Lipinski definition) is 3. The molecule has 4 nitrogen and oxygen atoms in total. The van der Waals surface area contributed by atoms with Crippen LogP contribution in [0.3, 0.4) is 0 Å². The minimum atomic E-state index is -0.298. The van der Waals surface area contributed by atoms with Crippen molar-refractivity contribution in [1.82, 2.24) is 10.2 Å². The Morgan fingerprint density at radius 1 is 0.935 bits per heavy atom. The Bertz CT molecular complexity index is 1110. The van der Waals surface area contributed by atoms with E-state index in [1.165, 1.54) is 6.92 Å². The predicted octanol–water partition coefficient (Wildman–Crippen LogP) is 5.42. The zero-order valence-corrected chi connectivity index (χ0v) is 18.1. The fourth-order valence-corrected chi connectivity index (χ4v) is 4.68. The summed E-state index contributed by atoms with van der Waals surface area (Å²) in [5, 5.41) is 3.05. The second-order valence-electron chi connectivity index (χ2n) is 7.39. The summed E-state index contributed by atoms with van der Waals surface area (Å²) in [6.45, 7) is 1.97. The van der Waals surface area contributed by atoms with Gasteiger partial charge in [-0.15, -0.1) is 0 Å². The maximum atomic E-state index is 12.9. The summed E-state index contributed by atoms with van der Waals surface area (Å²) < 4.78 is 0. The highest BCUT2D eigenvalue weighted by Crippen LogP contribution is 2.33. The van der Waals surface area contributed by atoms with E-state index in [0.717, 1.165) is 26.5 Å². The second kappa shape index (κ2) is 9.67. The molecule has 0 bridgehead atoms. The molecular formula is C26H24N2O2S. The molecule has 5 heteroatoms. The van der Waals surface area contributed by atoms with Gasteiger partial charge in [-0.25, -0.2) is 0 Å². The van der Waals surface area contributed by atoms with E-state index in [1.54, 1.807) is 22.9 Å². The molecule has 0 spiro atoms. The number of hydrogen-bond donors (Lipinski definition) is 1. The maximum Gasteiger partial charge on any atom is 0.223 e. The van der Waals surface area contributed by atoms with Gasteiger partial charge in [-0.3, -0.25) is 9.59 Å². The van der Waals surface area contributed by atoms with Crippen LogP contribution in [0.1, 0.15) is 36.1 Å². The molecule has 0 fully saturated rings. The van der Waals surface area contributed by atoms with E-state index in [1.807, 2.05) is 66.7 Å². The van der Waals surface area contributed by atoms with Gasteiger partial charge in [0.1, 0.15) is 0 Å². The van der Waals surface area contributed by atoms with E-state index >= 15 is 0 Å². The summed E-state index contributed by atoms with van der Waals surface area (Å²) in [5.41, 5.74) is 3.11. The molecular weight excluding hydrogens is 404 g/mol. The molecule has 0 aromatic heterocycles. The lowest BCUT2D eigenvalue weighted by Gasteiger charge is -2.32. The van der Waals surface area contributed by atoms with Crippen LogP contribution in [0, 0.1) is 0 Å². The van der Waals surface area contributed by atoms with Crippen LogP contribution < -0.4 is 5.32 Å². The number of nitrogens with one attached hydrogen (secondary N) is 1. The Balaban J connectivity index is 1.45. The van der Waals surface area contributed by atoms with Crippen LogP contribution in [0.5, 0.6) is 0 Å². The number of rotatable bonds is 6. The lowest BCUT2D eigenvalue weighted by atomic mass is 9.93. The maximum absolute atomic E-state index is 12.9. The second-order valence-corrected chi connectivity index (χ2v) is 8.51. The van der Waals surface area contributed by atoms with Crippen molar-refractivity contribution in [2.24, 2.45) is 0 Å². The van der Waals surface area contributed by atoms with Crippen LogP contribution in [-0.2, 0) is 16.1 Å². The third-order valence-corrected chi connectivity index (χ3v) is 6.39. The van der Waals surface area contributed by atoms with Gasteiger partial charge in [-0.05, 0) is 41.0 Å². The smallest absolute Gasteiger partial charge is 0.223 e. The Labute approximate surface area is 187 Å². The van der Waals surface area contributed by atoms with Gasteiger partial charge in [0.2, 0.25) is 11.8 Å². The summed E-state index contributed by atoms with van der Waals surface area (Å²) in [6.07, 6.45) is 3.91. The number of fused-ring (bicyclic) bond motifs is 1. The fourth-order valence-electron chi connectivity index (χ4n) is 3.72. The molecule has 3 aromatic rings. The fraction of sp³-hybridized carbons (Fsp3) is 0.154. The summed E-state index contributed by atoms with van der Waals surface area (Å²) in [4.78, 5) is 28.9. The predicted molar refractivity (Wildman–Crippen MR) is 124 cm³/mol. The average Bonchev–Trinajstić information content (AvgIpc) is 2.79. The van der Waals surface area contributed by atoms with E-state index in [0.29, 0.717) is 6.54 Å². The molecule has 1 heterocycles. The molecule has 1 aliphatic heterocycles. The molecule has 1 aliphatic rings. The number of nitrogens with zero attached hydrogens (tertiary/aromatic N) is 1. The first-order valence-electron chi connectivity index (χ1n) is 10.3. The summed E-state index contributed by atoms with van der Waals surface area (Å²) in [6, 6.07) is 25.9. The summed E-state index contributed by atoms with van der Waals surface area (Å²) >= 11 is 1.68. The highest BCUT2D eigenvalue weighted by Gasteiger charge is 2.28. The Kier molecular flexibility index (Phi) is 6.53. The zero-order valence-electron chi connectivity index (χ0n) is 17.3. The third kappa shape index (κ3) is 5.06. The Morgan fingerprint density at radius 3 is 2.45 bits per heavy atom. The first-order chi connectivity index (χ1) is 15.1. The monoisotopic (exact) mass is 428 g/mol. The standard InChI is InChI=1S/C26H24N2O2S/c1-19(29)28-16-15-20-9-5-7-13-23(20)24(28)17-26(30)27-18-21-10-6-8-14-25(21)31-22-11-3-2-4-12-22/h2-16,24H,17-18H2,1H3,(H,27,30). The molecule has 0 saturated carbocycles. The van der Waals surface area contributed by atoms with Gasteiger partial charge in [0.15, 0.2) is 0 Å². The molecule has 0 aliphatic carbocycles. The summed E-state index contributed by atoms with van der Waals surface area (Å²) in [7, 11) is 0. The van der Waals surface area contributed by atoms with Crippen molar-refractivity contribution in [3.8, 4) is 0 Å². The van der Waals surface area contributed by atoms with Crippen molar-refractivity contribution in [3.05, 3.63) is 102 Å². The topological polar surface area (TPSA) is 49.4 Å². The van der Waals surface area contributed by atoms with E-state index in [9.17, 15) is 9.59 Å². The Hall–Kier alpha value is -3.31. The molecule has 0 saturated heterocycles. The summed E-state index contributed by atoms with van der Waals surface area (Å²) in [5.74, 6) is -0.158. The van der Waals surface area contributed by atoms with Crippen LogP contribution in [0.25, 0.3) is 6.08 Å². The minimum absolute atomic E-state index is 0.0758. The van der Waals surface area contributed by atoms with Crippen LogP contribution in [-0.4, -0.2) is 16.7 Å². The third-order valence-electron chi connectivity index (χ3n) is 5.27. The molecule has 1 atom stereocenters. The van der Waals surface area contributed by atoms with Crippen LogP contribution in [0.15, 0.2) is 94.9 Å². The molecule has 1 N–H and O–H groups in total. The van der Waals surface area contributed by atoms with Gasteiger partial charge >= 0.3 is 0 Å². The first-order valence-corrected chi connectivity index (χ1v) is 11.1. The van der Waals surface area contributed by atoms with Gasteiger partial charge in [0.25, 0.3) is 0 Å². The molecule has 4 rings (SSSR count). The first kappa shape index (κ1) is 20.9. The molecule has 1 unspecified atom stereocenters. The quantitative estimate of drug-likeness (QED) is 0.570. The average molecular weight is 429 g/mol. The number of carbonyl (C=O) groups excluding carboxylic acids is 2. The van der Waals surface area contributed by atoms with Crippen LogP contribution >= 0.6 is 11.8 Å². The molecule has 2 amide bonds. The van der Waals surface area contributed by atoms with Crippen molar-refractivity contribution in [2.75, 3.05) is 0 Å². The number of amides is 2. The van der Waals surface area contributed by atoms with Crippen molar-refractivity contribution >= 4 is 29.7 Å².